The van der Waals surface area contributed by atoms with Crippen LogP contribution in [0.2, 0.25) is 10.0 Å². The fraction of sp³-hybridized carbons (Fsp3) is 0.304. The molecule has 3 heterocycles. The lowest BCUT2D eigenvalue weighted by Gasteiger charge is -2.32. The number of likely N-dealkylation sites (N-methyl/N-ethyl adjacent to an activating group) is 1. The Balaban J connectivity index is 1.77. The second kappa shape index (κ2) is 9.40. The number of aromatic nitrogens is 3. The molecular weight excluding hydrogens is 447 g/mol. The molecule has 0 spiro atoms. The van der Waals surface area contributed by atoms with Gasteiger partial charge in [0.05, 0.1) is 27.0 Å². The van der Waals surface area contributed by atoms with Gasteiger partial charge in [-0.1, -0.05) is 30.1 Å². The smallest absolute Gasteiger partial charge is 0.256 e. The molecule has 0 atom stereocenters. The predicted molar refractivity (Wildman–Crippen MR) is 128 cm³/mol. The summed E-state index contributed by atoms with van der Waals surface area (Å²) in [6.45, 7) is 4.95. The van der Waals surface area contributed by atoms with E-state index in [0.717, 1.165) is 29.9 Å². The molecule has 2 aromatic heterocycles. The highest BCUT2D eigenvalue weighted by Crippen LogP contribution is 2.37. The highest BCUT2D eigenvalue weighted by atomic mass is 35.5. The summed E-state index contributed by atoms with van der Waals surface area (Å²) in [5.74, 6) is 0.280. The summed E-state index contributed by atoms with van der Waals surface area (Å²) in [6, 6.07) is 7.11. The van der Waals surface area contributed by atoms with Crippen molar-refractivity contribution in [1.29, 1.82) is 0 Å². The topological polar surface area (TPSA) is 88.2 Å². The summed E-state index contributed by atoms with van der Waals surface area (Å²) in [7, 11) is 2.04. The number of piperazine rings is 1. The highest BCUT2D eigenvalue weighted by molar-refractivity contribution is 6.40. The molecule has 166 valence electrons. The summed E-state index contributed by atoms with van der Waals surface area (Å²) in [6.07, 6.45) is 3.93. The molecule has 1 saturated heterocycles. The average Bonchev–Trinajstić information content (AvgIpc) is 2.79. The number of pyridine rings is 1. The van der Waals surface area contributed by atoms with Crippen molar-refractivity contribution in [3.8, 4) is 22.4 Å². The Kier molecular flexibility index (Phi) is 6.60. The van der Waals surface area contributed by atoms with E-state index in [0.29, 0.717) is 52.2 Å². The molecule has 0 saturated carbocycles. The molecule has 32 heavy (non-hydrogen) atoms. The summed E-state index contributed by atoms with van der Waals surface area (Å²) in [4.78, 5) is 30.3. The number of amides is 1. The van der Waals surface area contributed by atoms with Gasteiger partial charge in [-0.05, 0) is 37.7 Å². The van der Waals surface area contributed by atoms with Crippen LogP contribution in [0.4, 0.5) is 5.82 Å². The third kappa shape index (κ3) is 4.41. The Morgan fingerprint density at radius 2 is 1.72 bits per heavy atom. The minimum atomic E-state index is -0.153. The van der Waals surface area contributed by atoms with Gasteiger partial charge in [0, 0.05) is 49.1 Å². The maximum atomic E-state index is 13.1. The number of rotatable bonds is 4. The molecule has 2 N–H and O–H groups in total. The first kappa shape index (κ1) is 22.5. The van der Waals surface area contributed by atoms with Crippen LogP contribution in [0.25, 0.3) is 22.4 Å². The van der Waals surface area contributed by atoms with Crippen LogP contribution in [-0.4, -0.2) is 63.9 Å². The third-order valence-electron chi connectivity index (χ3n) is 5.66. The molecule has 0 aliphatic carbocycles. The molecule has 0 bridgehead atoms. The zero-order valence-electron chi connectivity index (χ0n) is 18.0. The number of nitrogen functional groups attached to an aromatic ring is 1. The number of nitrogens with zero attached hydrogens (tertiary/aromatic N) is 5. The van der Waals surface area contributed by atoms with E-state index >= 15 is 0 Å². The standard InChI is InChI=1S/C23H24Cl2N6O/c1-3-18-20(14-4-5-19(26)27-12-14)22(29-13-28-18)15-10-16(24)21(17(25)11-15)23(32)31-8-6-30(2)7-9-31/h4-5,10-13H,3,6-9H2,1-2H3,(H2,26,27). The molecule has 1 aromatic carbocycles. The number of carbonyl (C=O) groups excluding carboxylic acids is 1. The van der Waals surface area contributed by atoms with Gasteiger partial charge in [0.15, 0.2) is 0 Å². The maximum absolute atomic E-state index is 13.1. The fourth-order valence-electron chi connectivity index (χ4n) is 3.85. The number of nitrogens with two attached hydrogens (primary N) is 1. The van der Waals surface area contributed by atoms with Crippen molar-refractivity contribution in [1.82, 2.24) is 24.8 Å². The van der Waals surface area contributed by atoms with E-state index in [-0.39, 0.29) is 5.91 Å². The van der Waals surface area contributed by atoms with Gasteiger partial charge < -0.3 is 15.5 Å². The van der Waals surface area contributed by atoms with Crippen molar-refractivity contribution in [3.05, 3.63) is 58.1 Å². The van der Waals surface area contributed by atoms with Crippen LogP contribution in [-0.2, 0) is 6.42 Å². The van der Waals surface area contributed by atoms with Gasteiger partial charge in [-0.2, -0.15) is 0 Å². The zero-order valence-corrected chi connectivity index (χ0v) is 19.5. The Hall–Kier alpha value is -2.74. The van der Waals surface area contributed by atoms with Crippen molar-refractivity contribution in [2.75, 3.05) is 39.0 Å². The largest absolute Gasteiger partial charge is 0.384 e. The molecule has 1 aliphatic rings. The first-order valence-electron chi connectivity index (χ1n) is 10.4. The SMILES string of the molecule is CCc1ncnc(-c2cc(Cl)c(C(=O)N3CCN(C)CC3)c(Cl)c2)c1-c1ccc(N)nc1. The van der Waals surface area contributed by atoms with Crippen LogP contribution in [0.5, 0.6) is 0 Å². The molecule has 1 aliphatic heterocycles. The van der Waals surface area contributed by atoms with Gasteiger partial charge in [0.1, 0.15) is 12.1 Å². The summed E-state index contributed by atoms with van der Waals surface area (Å²) >= 11 is 13.2. The van der Waals surface area contributed by atoms with Gasteiger partial charge in [-0.3, -0.25) is 4.79 Å². The van der Waals surface area contributed by atoms with Crippen LogP contribution in [0, 0.1) is 0 Å². The van der Waals surface area contributed by atoms with Crippen LogP contribution in [0.1, 0.15) is 23.0 Å². The van der Waals surface area contributed by atoms with E-state index in [1.54, 1.807) is 29.3 Å². The van der Waals surface area contributed by atoms with Crippen LogP contribution in [0.15, 0.2) is 36.8 Å². The van der Waals surface area contributed by atoms with Crippen LogP contribution < -0.4 is 5.73 Å². The Morgan fingerprint density at radius 1 is 1.03 bits per heavy atom. The molecule has 1 fully saturated rings. The molecule has 0 radical (unpaired) electrons. The van der Waals surface area contributed by atoms with Gasteiger partial charge in [0.25, 0.3) is 5.91 Å². The molecular formula is C23H24Cl2N6O. The quantitative estimate of drug-likeness (QED) is 0.618. The number of anilines is 1. The van der Waals surface area contributed by atoms with E-state index in [4.69, 9.17) is 28.9 Å². The molecule has 3 aromatic rings. The van der Waals surface area contributed by atoms with Gasteiger partial charge >= 0.3 is 0 Å². The van der Waals surface area contributed by atoms with Crippen molar-refractivity contribution in [3.63, 3.8) is 0 Å². The second-order valence-electron chi connectivity index (χ2n) is 7.78. The highest BCUT2D eigenvalue weighted by Gasteiger charge is 2.26. The lowest BCUT2D eigenvalue weighted by Crippen LogP contribution is -2.47. The summed E-state index contributed by atoms with van der Waals surface area (Å²) < 4.78 is 0. The number of hydrogen-bond donors (Lipinski definition) is 1. The maximum Gasteiger partial charge on any atom is 0.256 e. The van der Waals surface area contributed by atoms with Gasteiger partial charge in [-0.15, -0.1) is 0 Å². The minimum Gasteiger partial charge on any atom is -0.384 e. The average molecular weight is 471 g/mol. The Bertz CT molecular complexity index is 1120. The van der Waals surface area contributed by atoms with E-state index in [9.17, 15) is 4.79 Å². The first-order chi connectivity index (χ1) is 15.4. The lowest BCUT2D eigenvalue weighted by molar-refractivity contribution is 0.0664. The molecule has 0 unspecified atom stereocenters. The van der Waals surface area contributed by atoms with Crippen molar-refractivity contribution < 1.29 is 4.79 Å². The summed E-state index contributed by atoms with van der Waals surface area (Å²) in [5.41, 5.74) is 10.0. The normalized spacial score (nSPS) is 14.6. The third-order valence-corrected chi connectivity index (χ3v) is 6.25. The molecule has 1 amide bonds. The van der Waals surface area contributed by atoms with Crippen molar-refractivity contribution >= 4 is 34.9 Å². The number of aryl methyl sites for hydroxylation is 1. The van der Waals surface area contributed by atoms with E-state index in [2.05, 4.69) is 19.9 Å². The second-order valence-corrected chi connectivity index (χ2v) is 8.59. The Labute approximate surface area is 197 Å². The van der Waals surface area contributed by atoms with Crippen molar-refractivity contribution in [2.45, 2.75) is 13.3 Å². The zero-order chi connectivity index (χ0) is 22.8. The van der Waals surface area contributed by atoms with Gasteiger partial charge in [-0.25, -0.2) is 15.0 Å². The number of carbonyl (C=O) groups is 1. The summed E-state index contributed by atoms with van der Waals surface area (Å²) in [5, 5.41) is 0.601. The minimum absolute atomic E-state index is 0.153. The monoisotopic (exact) mass is 470 g/mol. The van der Waals surface area contributed by atoms with E-state index < -0.39 is 0 Å². The first-order valence-corrected chi connectivity index (χ1v) is 11.2. The van der Waals surface area contributed by atoms with E-state index in [1.165, 1.54) is 6.33 Å². The molecule has 9 heteroatoms. The van der Waals surface area contributed by atoms with Crippen LogP contribution >= 0.6 is 23.2 Å². The Morgan fingerprint density at radius 3 is 2.31 bits per heavy atom. The number of hydrogen-bond acceptors (Lipinski definition) is 6. The number of halogens is 2. The molecule has 4 rings (SSSR count). The van der Waals surface area contributed by atoms with Crippen molar-refractivity contribution in [2.24, 2.45) is 0 Å². The molecule has 7 nitrogen and oxygen atoms in total. The van der Waals surface area contributed by atoms with Gasteiger partial charge in [0.2, 0.25) is 0 Å². The lowest BCUT2D eigenvalue weighted by atomic mass is 9.97. The van der Waals surface area contributed by atoms with E-state index in [1.807, 2.05) is 20.0 Å². The number of benzene rings is 1. The predicted octanol–water partition coefficient (Wildman–Crippen LogP) is 4.04. The van der Waals surface area contributed by atoms with Crippen LogP contribution in [0.3, 0.4) is 0 Å². The fourth-order valence-corrected chi connectivity index (χ4v) is 4.50.